The number of morpholine rings is 1. The number of hydrogen-bond acceptors (Lipinski definition) is 5. The first-order valence-electron chi connectivity index (χ1n) is 5.55. The molecule has 1 aromatic heterocycles. The molecule has 1 atom stereocenters. The van der Waals surface area contributed by atoms with Crippen LogP contribution in [-0.2, 0) is 4.74 Å². The largest absolute Gasteiger partial charge is 0.481 e. The summed E-state index contributed by atoms with van der Waals surface area (Å²) >= 11 is 3.44. The second kappa shape index (κ2) is 5.64. The Bertz CT molecular complexity index is 389. The van der Waals surface area contributed by atoms with Gasteiger partial charge in [0.2, 0.25) is 11.8 Å². The third kappa shape index (κ3) is 3.07. The average Bonchev–Trinajstić information content (AvgIpc) is 2.38. The number of anilines is 1. The van der Waals surface area contributed by atoms with Gasteiger partial charge in [-0.15, -0.1) is 0 Å². The van der Waals surface area contributed by atoms with Gasteiger partial charge in [-0.05, 0) is 6.92 Å². The molecule has 94 valence electrons. The summed E-state index contributed by atoms with van der Waals surface area (Å²) in [5, 5.41) is 0.826. The molecule has 0 aliphatic carbocycles. The molecule has 2 rings (SSSR count). The van der Waals surface area contributed by atoms with Gasteiger partial charge in [0.25, 0.3) is 0 Å². The molecule has 0 spiro atoms. The molecular formula is C11H16BrN3O2. The normalized spacial score (nSPS) is 20.4. The summed E-state index contributed by atoms with van der Waals surface area (Å²) in [5.41, 5.74) is 0.911. The fourth-order valence-electron chi connectivity index (χ4n) is 1.76. The fraction of sp³-hybridized carbons (Fsp3) is 0.636. The first-order chi connectivity index (χ1) is 8.22. The van der Waals surface area contributed by atoms with Crippen molar-refractivity contribution < 1.29 is 9.47 Å². The Morgan fingerprint density at radius 2 is 2.41 bits per heavy atom. The van der Waals surface area contributed by atoms with Crippen molar-refractivity contribution in [2.45, 2.75) is 13.0 Å². The van der Waals surface area contributed by atoms with Crippen LogP contribution in [0.5, 0.6) is 5.88 Å². The summed E-state index contributed by atoms with van der Waals surface area (Å²) in [6.07, 6.45) is 0.193. The summed E-state index contributed by atoms with van der Waals surface area (Å²) in [7, 11) is 1.62. The van der Waals surface area contributed by atoms with Crippen molar-refractivity contribution in [2.24, 2.45) is 0 Å². The van der Waals surface area contributed by atoms with Gasteiger partial charge in [0.15, 0.2) is 0 Å². The third-order valence-electron chi connectivity index (χ3n) is 2.62. The van der Waals surface area contributed by atoms with Crippen LogP contribution < -0.4 is 9.64 Å². The molecule has 17 heavy (non-hydrogen) atoms. The fourth-order valence-corrected chi connectivity index (χ4v) is 2.16. The van der Waals surface area contributed by atoms with Gasteiger partial charge >= 0.3 is 0 Å². The predicted octanol–water partition coefficient (Wildman–Crippen LogP) is 1.39. The second-order valence-corrected chi connectivity index (χ2v) is 4.59. The summed E-state index contributed by atoms with van der Waals surface area (Å²) in [6.45, 7) is 4.26. The van der Waals surface area contributed by atoms with E-state index in [1.807, 2.05) is 13.0 Å². The van der Waals surface area contributed by atoms with Crippen molar-refractivity contribution in [3.63, 3.8) is 0 Å². The van der Waals surface area contributed by atoms with Crippen molar-refractivity contribution in [3.05, 3.63) is 11.8 Å². The Morgan fingerprint density at radius 3 is 3.12 bits per heavy atom. The van der Waals surface area contributed by atoms with Gasteiger partial charge in [-0.3, -0.25) is 0 Å². The van der Waals surface area contributed by atoms with E-state index in [1.165, 1.54) is 0 Å². The van der Waals surface area contributed by atoms with Crippen molar-refractivity contribution in [1.29, 1.82) is 0 Å². The first-order valence-corrected chi connectivity index (χ1v) is 6.67. The summed E-state index contributed by atoms with van der Waals surface area (Å²) < 4.78 is 10.8. The van der Waals surface area contributed by atoms with Gasteiger partial charge in [0.1, 0.15) is 0 Å². The van der Waals surface area contributed by atoms with E-state index in [4.69, 9.17) is 9.47 Å². The van der Waals surface area contributed by atoms with E-state index in [9.17, 15) is 0 Å². The average molecular weight is 302 g/mol. The molecule has 0 radical (unpaired) electrons. The number of ether oxygens (including phenoxy) is 2. The molecule has 1 aliphatic rings. The smallest absolute Gasteiger partial charge is 0.229 e. The summed E-state index contributed by atoms with van der Waals surface area (Å²) in [5.74, 6) is 1.32. The summed E-state index contributed by atoms with van der Waals surface area (Å²) in [6, 6.07) is 1.83. The van der Waals surface area contributed by atoms with E-state index in [-0.39, 0.29) is 6.10 Å². The third-order valence-corrected chi connectivity index (χ3v) is 3.34. The van der Waals surface area contributed by atoms with Gasteiger partial charge in [0, 0.05) is 30.2 Å². The minimum Gasteiger partial charge on any atom is -0.481 e. The molecule has 1 aromatic rings. The van der Waals surface area contributed by atoms with Gasteiger partial charge < -0.3 is 14.4 Å². The molecule has 1 saturated heterocycles. The number of aryl methyl sites for hydroxylation is 1. The van der Waals surface area contributed by atoms with Crippen molar-refractivity contribution in [3.8, 4) is 5.88 Å². The lowest BCUT2D eigenvalue weighted by molar-refractivity contribution is 0.0564. The van der Waals surface area contributed by atoms with Gasteiger partial charge in [-0.1, -0.05) is 15.9 Å². The highest BCUT2D eigenvalue weighted by molar-refractivity contribution is 9.09. The Morgan fingerprint density at radius 1 is 1.59 bits per heavy atom. The molecule has 1 aliphatic heterocycles. The first kappa shape index (κ1) is 12.6. The van der Waals surface area contributed by atoms with Crippen LogP contribution in [0.15, 0.2) is 6.07 Å². The maximum Gasteiger partial charge on any atom is 0.229 e. The highest BCUT2D eigenvalue weighted by Gasteiger charge is 2.22. The van der Waals surface area contributed by atoms with E-state index < -0.39 is 0 Å². The van der Waals surface area contributed by atoms with E-state index >= 15 is 0 Å². The van der Waals surface area contributed by atoms with Gasteiger partial charge in [-0.2, -0.15) is 4.98 Å². The van der Waals surface area contributed by atoms with Crippen LogP contribution >= 0.6 is 15.9 Å². The number of methoxy groups -OCH3 is 1. The van der Waals surface area contributed by atoms with Crippen molar-refractivity contribution >= 4 is 21.9 Å². The monoisotopic (exact) mass is 301 g/mol. The van der Waals surface area contributed by atoms with E-state index in [0.717, 1.165) is 30.1 Å². The molecule has 1 unspecified atom stereocenters. The number of hydrogen-bond donors (Lipinski definition) is 0. The van der Waals surface area contributed by atoms with E-state index in [0.29, 0.717) is 12.5 Å². The number of nitrogens with zero attached hydrogens (tertiary/aromatic N) is 3. The number of rotatable bonds is 3. The zero-order valence-electron chi connectivity index (χ0n) is 10.0. The van der Waals surface area contributed by atoms with Crippen molar-refractivity contribution in [2.75, 3.05) is 37.0 Å². The van der Waals surface area contributed by atoms with E-state index in [1.54, 1.807) is 7.11 Å². The maximum absolute atomic E-state index is 5.59. The zero-order chi connectivity index (χ0) is 12.3. The lowest BCUT2D eigenvalue weighted by atomic mass is 10.3. The van der Waals surface area contributed by atoms with Crippen LogP contribution in [0.1, 0.15) is 5.69 Å². The molecule has 5 nitrogen and oxygen atoms in total. The molecule has 2 heterocycles. The molecule has 6 heteroatoms. The van der Waals surface area contributed by atoms with Crippen LogP contribution in [0.2, 0.25) is 0 Å². The second-order valence-electron chi connectivity index (χ2n) is 3.94. The van der Waals surface area contributed by atoms with Crippen LogP contribution in [0, 0.1) is 6.92 Å². The lowest BCUT2D eigenvalue weighted by Gasteiger charge is -2.32. The Hall–Kier alpha value is -0.880. The highest BCUT2D eigenvalue weighted by atomic mass is 79.9. The summed E-state index contributed by atoms with van der Waals surface area (Å²) in [4.78, 5) is 10.9. The molecule has 0 bridgehead atoms. The number of alkyl halides is 1. The molecule has 0 N–H and O–H groups in total. The minimum atomic E-state index is 0.193. The van der Waals surface area contributed by atoms with E-state index in [2.05, 4.69) is 30.8 Å². The molecular weight excluding hydrogens is 286 g/mol. The molecule has 0 saturated carbocycles. The Labute approximate surface area is 109 Å². The molecule has 0 amide bonds. The number of halogens is 1. The molecule has 1 fully saturated rings. The standard InChI is InChI=1S/C11H16BrN3O2/c1-8-5-10(16-2)14-11(13-8)15-3-4-17-9(6-12)7-15/h5,9H,3-4,6-7H2,1-2H3. The van der Waals surface area contributed by atoms with Crippen LogP contribution in [0.3, 0.4) is 0 Å². The number of aromatic nitrogens is 2. The highest BCUT2D eigenvalue weighted by Crippen LogP contribution is 2.18. The van der Waals surface area contributed by atoms with Crippen LogP contribution in [0.25, 0.3) is 0 Å². The topological polar surface area (TPSA) is 47.5 Å². The zero-order valence-corrected chi connectivity index (χ0v) is 11.6. The lowest BCUT2D eigenvalue weighted by Crippen LogP contribution is -2.44. The minimum absolute atomic E-state index is 0.193. The quantitative estimate of drug-likeness (QED) is 0.790. The van der Waals surface area contributed by atoms with Gasteiger partial charge in [0.05, 0.1) is 19.8 Å². The van der Waals surface area contributed by atoms with Crippen LogP contribution in [-0.4, -0.2) is 48.2 Å². The van der Waals surface area contributed by atoms with Crippen molar-refractivity contribution in [1.82, 2.24) is 9.97 Å². The maximum atomic E-state index is 5.59. The Kier molecular flexibility index (Phi) is 4.17. The molecule has 0 aromatic carbocycles. The SMILES string of the molecule is COc1cc(C)nc(N2CCOC(CBr)C2)n1. The predicted molar refractivity (Wildman–Crippen MR) is 69.1 cm³/mol. The van der Waals surface area contributed by atoms with Gasteiger partial charge in [-0.25, -0.2) is 4.98 Å². The van der Waals surface area contributed by atoms with Crippen LogP contribution in [0.4, 0.5) is 5.95 Å². The Balaban J connectivity index is 2.18.